The summed E-state index contributed by atoms with van der Waals surface area (Å²) in [6.07, 6.45) is 4.02. The van der Waals surface area contributed by atoms with E-state index in [0.717, 1.165) is 25.7 Å². The molecule has 1 aromatic rings. The third-order valence-corrected chi connectivity index (χ3v) is 7.29. The van der Waals surface area contributed by atoms with Crippen molar-refractivity contribution < 1.29 is 33.3 Å². The SMILES string of the molecule is COC(=O)[C@@H]1C(=O)C2=C(C[C@@H]1C)NC(C)=C(C(=O)OC1CCCC1)[C@@H]2c1cc(OC)ccc1OC. The number of benzene rings is 1. The highest BCUT2D eigenvalue weighted by atomic mass is 16.5. The number of dihydropyridines is 1. The minimum atomic E-state index is -0.954. The van der Waals surface area contributed by atoms with Crippen LogP contribution in [0.3, 0.4) is 0 Å². The highest BCUT2D eigenvalue weighted by Crippen LogP contribution is 2.48. The molecule has 0 spiro atoms. The summed E-state index contributed by atoms with van der Waals surface area (Å²) in [5.74, 6) is -2.33. The minimum Gasteiger partial charge on any atom is -0.497 e. The van der Waals surface area contributed by atoms with Gasteiger partial charge in [-0.2, -0.15) is 0 Å². The lowest BCUT2D eigenvalue weighted by Gasteiger charge is -2.38. The molecule has 3 aliphatic rings. The molecule has 0 unspecified atom stereocenters. The minimum absolute atomic E-state index is 0.143. The second-order valence-electron chi connectivity index (χ2n) is 9.46. The topological polar surface area (TPSA) is 100 Å². The Bertz CT molecular complexity index is 1100. The van der Waals surface area contributed by atoms with Crippen molar-refractivity contribution in [1.82, 2.24) is 5.32 Å². The van der Waals surface area contributed by atoms with Gasteiger partial charge < -0.3 is 24.3 Å². The third kappa shape index (κ3) is 4.54. The maximum Gasteiger partial charge on any atom is 0.337 e. The summed E-state index contributed by atoms with van der Waals surface area (Å²) in [6, 6.07) is 5.28. The van der Waals surface area contributed by atoms with E-state index in [0.29, 0.717) is 46.0 Å². The fourth-order valence-corrected chi connectivity index (χ4v) is 5.55. The van der Waals surface area contributed by atoms with Crippen molar-refractivity contribution in [3.63, 3.8) is 0 Å². The van der Waals surface area contributed by atoms with Crippen LogP contribution < -0.4 is 14.8 Å². The van der Waals surface area contributed by atoms with Crippen molar-refractivity contribution in [2.45, 2.75) is 58.0 Å². The fraction of sp³-hybridized carbons (Fsp3) is 0.519. The average molecular weight is 484 g/mol. The van der Waals surface area contributed by atoms with E-state index in [1.165, 1.54) is 14.2 Å². The molecule has 0 amide bonds. The molecule has 1 saturated carbocycles. The van der Waals surface area contributed by atoms with Crippen LogP contribution >= 0.6 is 0 Å². The summed E-state index contributed by atoms with van der Waals surface area (Å²) < 4.78 is 22.0. The molecular formula is C27H33NO7. The number of methoxy groups -OCH3 is 3. The first kappa shape index (κ1) is 24.8. The number of esters is 2. The summed E-state index contributed by atoms with van der Waals surface area (Å²) in [6.45, 7) is 3.67. The van der Waals surface area contributed by atoms with Crippen LogP contribution in [0.5, 0.6) is 11.5 Å². The van der Waals surface area contributed by atoms with Gasteiger partial charge in [0.1, 0.15) is 23.5 Å². The number of carbonyl (C=O) groups is 3. The molecule has 0 bridgehead atoms. The number of ketones is 1. The van der Waals surface area contributed by atoms with Gasteiger partial charge in [-0.1, -0.05) is 6.92 Å². The lowest BCUT2D eigenvalue weighted by molar-refractivity contribution is -0.151. The third-order valence-electron chi connectivity index (χ3n) is 7.29. The van der Waals surface area contributed by atoms with Crippen LogP contribution in [0.1, 0.15) is 57.4 Å². The van der Waals surface area contributed by atoms with Crippen LogP contribution in [0, 0.1) is 11.8 Å². The van der Waals surface area contributed by atoms with E-state index >= 15 is 0 Å². The Morgan fingerprint density at radius 1 is 1.06 bits per heavy atom. The number of hydrogen-bond acceptors (Lipinski definition) is 8. The average Bonchev–Trinajstić information content (AvgIpc) is 3.35. The van der Waals surface area contributed by atoms with Crippen LogP contribution in [0.4, 0.5) is 0 Å². The van der Waals surface area contributed by atoms with Gasteiger partial charge in [0.2, 0.25) is 0 Å². The van der Waals surface area contributed by atoms with Crippen molar-refractivity contribution in [2.24, 2.45) is 11.8 Å². The van der Waals surface area contributed by atoms with Gasteiger partial charge >= 0.3 is 11.9 Å². The van der Waals surface area contributed by atoms with Gasteiger partial charge in [-0.3, -0.25) is 9.59 Å². The Morgan fingerprint density at radius 3 is 2.40 bits per heavy atom. The lowest BCUT2D eigenvalue weighted by atomic mass is 9.69. The van der Waals surface area contributed by atoms with Crippen LogP contribution in [-0.4, -0.2) is 45.2 Å². The van der Waals surface area contributed by atoms with Crippen molar-refractivity contribution in [3.05, 3.63) is 46.3 Å². The number of rotatable bonds is 6. The van der Waals surface area contributed by atoms with Crippen molar-refractivity contribution in [2.75, 3.05) is 21.3 Å². The standard InChI is InChI=1S/C27H33NO7/c1-14-12-19-24(25(29)21(14)26(30)34-5)23(18-13-17(32-3)10-11-20(18)33-4)22(15(2)28-19)27(31)35-16-8-6-7-9-16/h10-11,13-14,16,21,23,28H,6-9,12H2,1-5H3/t14-,21-,23-/m0/s1. The van der Waals surface area contributed by atoms with Crippen LogP contribution in [0.15, 0.2) is 40.7 Å². The molecule has 1 N–H and O–H groups in total. The maximum absolute atomic E-state index is 13.9. The van der Waals surface area contributed by atoms with Crippen molar-refractivity contribution in [1.29, 1.82) is 0 Å². The largest absolute Gasteiger partial charge is 0.497 e. The monoisotopic (exact) mass is 483 g/mol. The molecule has 8 heteroatoms. The number of Topliss-reactive ketones (excluding diaryl/α,β-unsaturated/α-hetero) is 1. The number of allylic oxidation sites excluding steroid dienone is 3. The van der Waals surface area contributed by atoms with Crippen LogP contribution in [0.25, 0.3) is 0 Å². The molecule has 2 aliphatic carbocycles. The fourth-order valence-electron chi connectivity index (χ4n) is 5.55. The molecule has 35 heavy (non-hydrogen) atoms. The van der Waals surface area contributed by atoms with Crippen molar-refractivity contribution >= 4 is 17.7 Å². The predicted molar refractivity (Wildman–Crippen MR) is 128 cm³/mol. The van der Waals surface area contributed by atoms with E-state index in [9.17, 15) is 14.4 Å². The van der Waals surface area contributed by atoms with Crippen LogP contribution in [0.2, 0.25) is 0 Å². The van der Waals surface area contributed by atoms with E-state index in [1.807, 2.05) is 13.8 Å². The second kappa shape index (κ2) is 10.1. The Balaban J connectivity index is 1.88. The number of ether oxygens (including phenoxy) is 4. The molecule has 1 fully saturated rings. The van der Waals surface area contributed by atoms with Gasteiger partial charge in [0.25, 0.3) is 0 Å². The molecule has 1 aromatic carbocycles. The molecule has 1 aliphatic heterocycles. The molecule has 8 nitrogen and oxygen atoms in total. The first-order valence-electron chi connectivity index (χ1n) is 12.1. The molecule has 0 aromatic heterocycles. The Hall–Kier alpha value is -3.29. The molecular weight excluding hydrogens is 450 g/mol. The summed E-state index contributed by atoms with van der Waals surface area (Å²) >= 11 is 0. The van der Waals surface area contributed by atoms with Gasteiger partial charge in [-0.05, 0) is 63.1 Å². The summed E-state index contributed by atoms with van der Waals surface area (Å²) in [5.41, 5.74) is 2.64. The normalized spacial score (nSPS) is 24.6. The Labute approximate surface area is 205 Å². The molecule has 188 valence electrons. The first-order valence-corrected chi connectivity index (χ1v) is 12.1. The number of hydrogen-bond donors (Lipinski definition) is 1. The number of carbonyl (C=O) groups excluding carboxylic acids is 3. The van der Waals surface area contributed by atoms with Gasteiger partial charge in [-0.15, -0.1) is 0 Å². The summed E-state index contributed by atoms with van der Waals surface area (Å²) in [5, 5.41) is 3.29. The number of nitrogens with one attached hydrogen (secondary N) is 1. The van der Waals surface area contributed by atoms with Gasteiger partial charge in [0.15, 0.2) is 5.78 Å². The summed E-state index contributed by atoms with van der Waals surface area (Å²) in [7, 11) is 4.37. The van der Waals surface area contributed by atoms with Gasteiger partial charge in [0, 0.05) is 22.5 Å². The zero-order valence-corrected chi connectivity index (χ0v) is 20.9. The van der Waals surface area contributed by atoms with E-state index in [1.54, 1.807) is 25.3 Å². The molecule has 4 rings (SSSR count). The Morgan fingerprint density at radius 2 is 1.77 bits per heavy atom. The zero-order valence-electron chi connectivity index (χ0n) is 20.9. The van der Waals surface area contributed by atoms with E-state index < -0.39 is 23.8 Å². The van der Waals surface area contributed by atoms with Crippen LogP contribution in [-0.2, 0) is 23.9 Å². The van der Waals surface area contributed by atoms with E-state index in [2.05, 4.69) is 5.32 Å². The van der Waals surface area contributed by atoms with Crippen molar-refractivity contribution in [3.8, 4) is 11.5 Å². The first-order chi connectivity index (χ1) is 16.8. The maximum atomic E-state index is 13.9. The van der Waals surface area contributed by atoms with Gasteiger partial charge in [0.05, 0.1) is 32.8 Å². The van der Waals surface area contributed by atoms with E-state index in [4.69, 9.17) is 18.9 Å². The molecule has 0 saturated heterocycles. The highest BCUT2D eigenvalue weighted by molar-refractivity contribution is 6.12. The Kier molecular flexibility index (Phi) is 7.19. The predicted octanol–water partition coefficient (Wildman–Crippen LogP) is 3.80. The zero-order chi connectivity index (χ0) is 25.3. The smallest absolute Gasteiger partial charge is 0.337 e. The lowest BCUT2D eigenvalue weighted by Crippen LogP contribution is -2.43. The highest BCUT2D eigenvalue weighted by Gasteiger charge is 2.48. The molecule has 1 heterocycles. The summed E-state index contributed by atoms with van der Waals surface area (Å²) in [4.78, 5) is 40.1. The molecule has 3 atom stereocenters. The quantitative estimate of drug-likeness (QED) is 0.482. The van der Waals surface area contributed by atoms with E-state index in [-0.39, 0.29) is 17.8 Å². The van der Waals surface area contributed by atoms with Gasteiger partial charge in [-0.25, -0.2) is 4.79 Å². The molecule has 0 radical (unpaired) electrons. The second-order valence-corrected chi connectivity index (χ2v) is 9.46.